The first-order valence-corrected chi connectivity index (χ1v) is 6.00. The van der Waals surface area contributed by atoms with Crippen molar-refractivity contribution in [1.29, 1.82) is 0 Å². The van der Waals surface area contributed by atoms with Gasteiger partial charge in [-0.15, -0.1) is 0 Å². The SMILES string of the molecule is Cn1ccc(CC(N)Cc2ccccc2Cl)n1. The van der Waals surface area contributed by atoms with E-state index in [1.165, 1.54) is 0 Å². The van der Waals surface area contributed by atoms with Crippen LogP contribution in [-0.4, -0.2) is 15.8 Å². The van der Waals surface area contributed by atoms with Gasteiger partial charge < -0.3 is 5.73 Å². The molecule has 0 fully saturated rings. The summed E-state index contributed by atoms with van der Waals surface area (Å²) in [6.07, 6.45) is 3.47. The van der Waals surface area contributed by atoms with Gasteiger partial charge in [0.2, 0.25) is 0 Å². The van der Waals surface area contributed by atoms with Crippen LogP contribution in [0.1, 0.15) is 11.3 Å². The highest BCUT2D eigenvalue weighted by Crippen LogP contribution is 2.17. The maximum absolute atomic E-state index is 6.11. The van der Waals surface area contributed by atoms with Gasteiger partial charge in [0.1, 0.15) is 0 Å². The number of rotatable bonds is 4. The number of benzene rings is 1. The Morgan fingerprint density at radius 2 is 2.06 bits per heavy atom. The Morgan fingerprint density at radius 1 is 1.29 bits per heavy atom. The zero-order valence-electron chi connectivity index (χ0n) is 9.81. The molecule has 3 nitrogen and oxygen atoms in total. The Bertz CT molecular complexity index is 493. The molecular formula is C13H16ClN3. The molecule has 1 aromatic heterocycles. The third-order valence-corrected chi connectivity index (χ3v) is 3.05. The summed E-state index contributed by atoms with van der Waals surface area (Å²) in [7, 11) is 1.91. The number of nitrogens with zero attached hydrogens (tertiary/aromatic N) is 2. The van der Waals surface area contributed by atoms with Gasteiger partial charge >= 0.3 is 0 Å². The van der Waals surface area contributed by atoms with Gasteiger partial charge in [-0.1, -0.05) is 29.8 Å². The molecule has 1 heterocycles. The summed E-state index contributed by atoms with van der Waals surface area (Å²) in [5.41, 5.74) is 8.22. The van der Waals surface area contributed by atoms with E-state index in [-0.39, 0.29) is 6.04 Å². The van der Waals surface area contributed by atoms with Crippen molar-refractivity contribution in [2.45, 2.75) is 18.9 Å². The lowest BCUT2D eigenvalue weighted by atomic mass is 10.0. The van der Waals surface area contributed by atoms with E-state index in [9.17, 15) is 0 Å². The summed E-state index contributed by atoms with van der Waals surface area (Å²) in [4.78, 5) is 0. The molecule has 1 atom stereocenters. The van der Waals surface area contributed by atoms with Crippen molar-refractivity contribution in [3.05, 3.63) is 52.8 Å². The molecule has 1 unspecified atom stereocenters. The van der Waals surface area contributed by atoms with E-state index in [0.29, 0.717) is 0 Å². The lowest BCUT2D eigenvalue weighted by Gasteiger charge is -2.11. The van der Waals surface area contributed by atoms with E-state index in [4.69, 9.17) is 17.3 Å². The smallest absolute Gasteiger partial charge is 0.0640 e. The third-order valence-electron chi connectivity index (χ3n) is 2.68. The van der Waals surface area contributed by atoms with Crippen molar-refractivity contribution in [2.75, 3.05) is 0 Å². The number of hydrogen-bond donors (Lipinski definition) is 1. The highest BCUT2D eigenvalue weighted by atomic mass is 35.5. The number of aromatic nitrogens is 2. The van der Waals surface area contributed by atoms with Crippen molar-refractivity contribution >= 4 is 11.6 Å². The molecule has 2 N–H and O–H groups in total. The first-order chi connectivity index (χ1) is 8.15. The fraction of sp³-hybridized carbons (Fsp3) is 0.308. The van der Waals surface area contributed by atoms with Crippen LogP contribution in [0.2, 0.25) is 5.02 Å². The van der Waals surface area contributed by atoms with Gasteiger partial charge in [0.05, 0.1) is 5.69 Å². The Balaban J connectivity index is 1.98. The standard InChI is InChI=1S/C13H16ClN3/c1-17-7-6-12(16-17)9-11(15)8-10-4-2-3-5-13(10)14/h2-7,11H,8-9,15H2,1H3. The van der Waals surface area contributed by atoms with Gasteiger partial charge in [0.25, 0.3) is 0 Å². The van der Waals surface area contributed by atoms with E-state index in [2.05, 4.69) is 5.10 Å². The molecule has 0 aliphatic rings. The molecule has 2 aromatic rings. The Morgan fingerprint density at radius 3 is 2.71 bits per heavy atom. The van der Waals surface area contributed by atoms with Crippen molar-refractivity contribution in [2.24, 2.45) is 12.8 Å². The summed E-state index contributed by atoms with van der Waals surface area (Å²) in [6.45, 7) is 0. The summed E-state index contributed by atoms with van der Waals surface area (Å²) in [5, 5.41) is 5.10. The van der Waals surface area contributed by atoms with Gasteiger partial charge in [-0.25, -0.2) is 0 Å². The van der Waals surface area contributed by atoms with Crippen LogP contribution in [0.5, 0.6) is 0 Å². The predicted molar refractivity (Wildman–Crippen MR) is 70.0 cm³/mol. The molecule has 17 heavy (non-hydrogen) atoms. The molecule has 4 heteroatoms. The average molecular weight is 250 g/mol. The minimum Gasteiger partial charge on any atom is -0.327 e. The fourth-order valence-corrected chi connectivity index (χ4v) is 2.07. The van der Waals surface area contributed by atoms with Crippen LogP contribution in [0.4, 0.5) is 0 Å². The zero-order valence-corrected chi connectivity index (χ0v) is 10.6. The van der Waals surface area contributed by atoms with E-state index >= 15 is 0 Å². The topological polar surface area (TPSA) is 43.8 Å². The lowest BCUT2D eigenvalue weighted by molar-refractivity contribution is 0.638. The minimum atomic E-state index is 0.0461. The number of nitrogens with two attached hydrogens (primary N) is 1. The quantitative estimate of drug-likeness (QED) is 0.903. The largest absolute Gasteiger partial charge is 0.327 e. The second-order valence-corrected chi connectivity index (χ2v) is 4.65. The molecule has 2 rings (SSSR count). The Labute approximate surface area is 106 Å². The minimum absolute atomic E-state index is 0.0461. The summed E-state index contributed by atoms with van der Waals surface area (Å²) in [6, 6.07) is 9.85. The number of hydrogen-bond acceptors (Lipinski definition) is 2. The first-order valence-electron chi connectivity index (χ1n) is 5.62. The highest BCUT2D eigenvalue weighted by Gasteiger charge is 2.09. The van der Waals surface area contributed by atoms with Gasteiger partial charge in [-0.2, -0.15) is 5.10 Å². The van der Waals surface area contributed by atoms with Crippen molar-refractivity contribution < 1.29 is 0 Å². The molecule has 0 saturated heterocycles. The summed E-state index contributed by atoms with van der Waals surface area (Å²) in [5.74, 6) is 0. The van der Waals surface area contributed by atoms with Crippen molar-refractivity contribution in [3.8, 4) is 0 Å². The highest BCUT2D eigenvalue weighted by molar-refractivity contribution is 6.31. The maximum Gasteiger partial charge on any atom is 0.0640 e. The molecule has 0 aliphatic heterocycles. The first kappa shape index (κ1) is 12.1. The van der Waals surface area contributed by atoms with Crippen LogP contribution < -0.4 is 5.73 Å². The van der Waals surface area contributed by atoms with Gasteiger partial charge in [-0.3, -0.25) is 4.68 Å². The molecule has 0 spiro atoms. The molecule has 0 radical (unpaired) electrons. The van der Waals surface area contributed by atoms with Crippen LogP contribution in [0.15, 0.2) is 36.5 Å². The summed E-state index contributed by atoms with van der Waals surface area (Å²) < 4.78 is 1.79. The van der Waals surface area contributed by atoms with Crippen molar-refractivity contribution in [3.63, 3.8) is 0 Å². The van der Waals surface area contributed by atoms with Crippen LogP contribution in [-0.2, 0) is 19.9 Å². The lowest BCUT2D eigenvalue weighted by Crippen LogP contribution is -2.25. The normalized spacial score (nSPS) is 12.6. The Hall–Kier alpha value is -1.32. The third kappa shape index (κ3) is 3.32. The van der Waals surface area contributed by atoms with E-state index in [1.807, 2.05) is 43.6 Å². The second kappa shape index (κ2) is 5.34. The van der Waals surface area contributed by atoms with Gasteiger partial charge in [0.15, 0.2) is 0 Å². The molecule has 0 saturated carbocycles. The summed E-state index contributed by atoms with van der Waals surface area (Å²) >= 11 is 6.10. The number of halogens is 1. The van der Waals surface area contributed by atoms with E-state index < -0.39 is 0 Å². The maximum atomic E-state index is 6.11. The van der Waals surface area contributed by atoms with Crippen LogP contribution in [0.3, 0.4) is 0 Å². The van der Waals surface area contributed by atoms with Gasteiger partial charge in [0, 0.05) is 30.7 Å². The molecule has 0 aliphatic carbocycles. The fourth-order valence-electron chi connectivity index (χ4n) is 1.86. The second-order valence-electron chi connectivity index (χ2n) is 4.24. The molecule has 0 amide bonds. The predicted octanol–water partition coefficient (Wildman–Crippen LogP) is 2.19. The zero-order chi connectivity index (χ0) is 12.3. The Kier molecular flexibility index (Phi) is 3.82. The molecule has 1 aromatic carbocycles. The van der Waals surface area contributed by atoms with Gasteiger partial charge in [-0.05, 0) is 24.1 Å². The van der Waals surface area contributed by atoms with Crippen LogP contribution in [0.25, 0.3) is 0 Å². The molecule has 90 valence electrons. The molecule has 0 bridgehead atoms. The number of aryl methyl sites for hydroxylation is 1. The van der Waals surface area contributed by atoms with E-state index in [0.717, 1.165) is 29.1 Å². The van der Waals surface area contributed by atoms with Crippen LogP contribution >= 0.6 is 11.6 Å². The molecular weight excluding hydrogens is 234 g/mol. The monoisotopic (exact) mass is 249 g/mol. The van der Waals surface area contributed by atoms with Crippen LogP contribution in [0, 0.1) is 0 Å². The van der Waals surface area contributed by atoms with E-state index in [1.54, 1.807) is 4.68 Å². The average Bonchev–Trinajstić information content (AvgIpc) is 2.67. The van der Waals surface area contributed by atoms with Crippen molar-refractivity contribution in [1.82, 2.24) is 9.78 Å².